The minimum absolute atomic E-state index is 0.193. The normalized spacial score (nSPS) is 12.4. The largest absolute Gasteiger partial charge is 0.360 e. The van der Waals surface area contributed by atoms with Gasteiger partial charge in [0.15, 0.2) is 9.84 Å². The van der Waals surface area contributed by atoms with Gasteiger partial charge in [0.25, 0.3) is 5.56 Å². The Hall–Kier alpha value is -4.08. The average Bonchev–Trinajstić information content (AvgIpc) is 2.89. The summed E-state index contributed by atoms with van der Waals surface area (Å²) in [5.41, 5.74) is 2.09. The van der Waals surface area contributed by atoms with Crippen LogP contribution in [0.15, 0.2) is 95.0 Å². The molecule has 37 heavy (non-hydrogen) atoms. The molecule has 0 bridgehead atoms. The minimum Gasteiger partial charge on any atom is -0.360 e. The van der Waals surface area contributed by atoms with Gasteiger partial charge in [-0.1, -0.05) is 48.0 Å². The Bertz CT molecular complexity index is 1790. The SMILES string of the molecule is CC(Nc1ncncc1-c1cccc(S(C)(=O)=O)c1)c1nc2cccc(Cl)c2c(=O)n1-c1ccccc1. The maximum atomic E-state index is 13.7. The number of halogens is 1. The summed E-state index contributed by atoms with van der Waals surface area (Å²) in [5.74, 6) is 0.925. The number of hydrogen-bond donors (Lipinski definition) is 1. The molecule has 0 spiro atoms. The number of sulfone groups is 1. The van der Waals surface area contributed by atoms with Crippen molar-refractivity contribution in [3.8, 4) is 16.8 Å². The zero-order chi connectivity index (χ0) is 26.2. The summed E-state index contributed by atoms with van der Waals surface area (Å²) in [4.78, 5) is 27.2. The monoisotopic (exact) mass is 531 g/mol. The fourth-order valence-corrected chi connectivity index (χ4v) is 5.06. The molecule has 0 aliphatic rings. The molecule has 0 saturated carbocycles. The van der Waals surface area contributed by atoms with Gasteiger partial charge in [0.1, 0.15) is 18.0 Å². The van der Waals surface area contributed by atoms with Crippen molar-refractivity contribution in [2.45, 2.75) is 17.9 Å². The van der Waals surface area contributed by atoms with Crippen LogP contribution in [0.5, 0.6) is 0 Å². The highest BCUT2D eigenvalue weighted by Crippen LogP contribution is 2.30. The van der Waals surface area contributed by atoms with Crippen LogP contribution in [0.1, 0.15) is 18.8 Å². The zero-order valence-corrected chi connectivity index (χ0v) is 21.5. The molecule has 8 nitrogen and oxygen atoms in total. The fraction of sp³-hybridized carbons (Fsp3) is 0.111. The molecule has 186 valence electrons. The predicted molar refractivity (Wildman–Crippen MR) is 145 cm³/mol. The summed E-state index contributed by atoms with van der Waals surface area (Å²) < 4.78 is 25.7. The number of rotatable bonds is 6. The van der Waals surface area contributed by atoms with Crippen LogP contribution >= 0.6 is 11.6 Å². The topological polar surface area (TPSA) is 107 Å². The Labute approximate surface area is 218 Å². The van der Waals surface area contributed by atoms with Gasteiger partial charge in [-0.05, 0) is 48.9 Å². The molecule has 1 unspecified atom stereocenters. The Balaban J connectivity index is 1.64. The van der Waals surface area contributed by atoms with Gasteiger partial charge < -0.3 is 5.32 Å². The lowest BCUT2D eigenvalue weighted by Gasteiger charge is -2.21. The number of aromatic nitrogens is 4. The summed E-state index contributed by atoms with van der Waals surface area (Å²) in [5, 5.41) is 4.01. The lowest BCUT2D eigenvalue weighted by molar-refractivity contribution is 0.602. The van der Waals surface area contributed by atoms with Crippen LogP contribution in [-0.2, 0) is 9.84 Å². The van der Waals surface area contributed by atoms with Crippen LogP contribution in [-0.4, -0.2) is 34.2 Å². The Morgan fingerprint density at radius 3 is 2.51 bits per heavy atom. The van der Waals surface area contributed by atoms with E-state index in [1.807, 2.05) is 37.3 Å². The molecule has 0 radical (unpaired) electrons. The molecule has 1 atom stereocenters. The second kappa shape index (κ2) is 9.76. The van der Waals surface area contributed by atoms with Crippen molar-refractivity contribution >= 4 is 38.2 Å². The van der Waals surface area contributed by atoms with Gasteiger partial charge in [-0.3, -0.25) is 9.36 Å². The first kappa shape index (κ1) is 24.6. The second-order valence-corrected chi connectivity index (χ2v) is 11.0. The quantitative estimate of drug-likeness (QED) is 0.326. The van der Waals surface area contributed by atoms with Crippen molar-refractivity contribution < 1.29 is 8.42 Å². The van der Waals surface area contributed by atoms with Gasteiger partial charge in [0.2, 0.25) is 0 Å². The van der Waals surface area contributed by atoms with Crippen LogP contribution in [0.2, 0.25) is 5.02 Å². The van der Waals surface area contributed by atoms with E-state index in [-0.39, 0.29) is 10.5 Å². The van der Waals surface area contributed by atoms with Crippen molar-refractivity contribution in [1.29, 1.82) is 0 Å². The molecule has 0 amide bonds. The lowest BCUT2D eigenvalue weighted by Crippen LogP contribution is -2.27. The van der Waals surface area contributed by atoms with E-state index in [1.54, 1.807) is 48.7 Å². The van der Waals surface area contributed by atoms with E-state index < -0.39 is 15.9 Å². The number of benzene rings is 3. The van der Waals surface area contributed by atoms with Crippen LogP contribution < -0.4 is 10.9 Å². The fourth-order valence-electron chi connectivity index (χ4n) is 4.14. The van der Waals surface area contributed by atoms with Gasteiger partial charge in [-0.25, -0.2) is 23.4 Å². The van der Waals surface area contributed by atoms with Crippen LogP contribution in [0.4, 0.5) is 5.82 Å². The number of nitrogens with zero attached hydrogens (tertiary/aromatic N) is 4. The van der Waals surface area contributed by atoms with Crippen LogP contribution in [0.25, 0.3) is 27.7 Å². The van der Waals surface area contributed by atoms with Gasteiger partial charge in [-0.15, -0.1) is 0 Å². The van der Waals surface area contributed by atoms with E-state index in [4.69, 9.17) is 16.6 Å². The Morgan fingerprint density at radius 1 is 1.00 bits per heavy atom. The first-order chi connectivity index (χ1) is 17.7. The lowest BCUT2D eigenvalue weighted by atomic mass is 10.1. The van der Waals surface area contributed by atoms with E-state index >= 15 is 0 Å². The predicted octanol–water partition coefficient (Wildman–Crippen LogP) is 5.07. The summed E-state index contributed by atoms with van der Waals surface area (Å²) in [7, 11) is -3.40. The van der Waals surface area contributed by atoms with Gasteiger partial charge in [0, 0.05) is 18.0 Å². The highest BCUT2D eigenvalue weighted by molar-refractivity contribution is 7.90. The molecule has 10 heteroatoms. The molecule has 2 aromatic heterocycles. The maximum Gasteiger partial charge on any atom is 0.267 e. The third-order valence-corrected chi connectivity index (χ3v) is 7.34. The molecular weight excluding hydrogens is 510 g/mol. The molecule has 5 rings (SSSR count). The van der Waals surface area contributed by atoms with E-state index in [1.165, 1.54) is 10.9 Å². The molecule has 0 aliphatic carbocycles. The van der Waals surface area contributed by atoms with E-state index in [9.17, 15) is 13.2 Å². The third kappa shape index (κ3) is 4.83. The zero-order valence-electron chi connectivity index (χ0n) is 20.0. The van der Waals surface area contributed by atoms with E-state index in [2.05, 4.69) is 15.3 Å². The number of hydrogen-bond acceptors (Lipinski definition) is 7. The number of fused-ring (bicyclic) bond motifs is 1. The standard InChI is InChI=1S/C27H22ClN5O3S/c1-17(31-25-21(15-29-16-30-25)18-8-6-11-20(14-18)37(2,35)36)26-32-23-13-7-12-22(28)24(23)27(34)33(26)19-9-4-3-5-10-19/h3-17H,1-2H3,(H,29,30,31). The van der Waals surface area contributed by atoms with Gasteiger partial charge in [-0.2, -0.15) is 0 Å². The summed E-state index contributed by atoms with van der Waals surface area (Å²) >= 11 is 6.39. The maximum absolute atomic E-state index is 13.7. The molecule has 2 heterocycles. The van der Waals surface area contributed by atoms with Crippen molar-refractivity contribution in [3.63, 3.8) is 0 Å². The van der Waals surface area contributed by atoms with Gasteiger partial charge in [0.05, 0.1) is 32.6 Å². The summed E-state index contributed by atoms with van der Waals surface area (Å²) in [6.07, 6.45) is 4.17. The number of nitrogens with one attached hydrogen (secondary N) is 1. The first-order valence-electron chi connectivity index (χ1n) is 11.4. The van der Waals surface area contributed by atoms with Crippen molar-refractivity contribution in [1.82, 2.24) is 19.5 Å². The Kier molecular flexibility index (Phi) is 6.49. The van der Waals surface area contributed by atoms with Crippen molar-refractivity contribution in [2.75, 3.05) is 11.6 Å². The summed E-state index contributed by atoms with van der Waals surface area (Å²) in [6, 6.07) is 20.5. The van der Waals surface area contributed by atoms with Crippen LogP contribution in [0.3, 0.4) is 0 Å². The van der Waals surface area contributed by atoms with E-state index in [0.717, 1.165) is 6.26 Å². The number of anilines is 1. The van der Waals surface area contributed by atoms with Crippen LogP contribution in [0, 0.1) is 0 Å². The highest BCUT2D eigenvalue weighted by atomic mass is 35.5. The van der Waals surface area contributed by atoms with Crippen molar-refractivity contribution in [3.05, 3.63) is 107 Å². The molecule has 5 aromatic rings. The molecule has 3 aromatic carbocycles. The van der Waals surface area contributed by atoms with E-state index in [0.29, 0.717) is 44.4 Å². The molecule has 0 aliphatic heterocycles. The molecule has 0 fully saturated rings. The second-order valence-electron chi connectivity index (χ2n) is 8.53. The number of para-hydroxylation sites is 1. The highest BCUT2D eigenvalue weighted by Gasteiger charge is 2.21. The van der Waals surface area contributed by atoms with Crippen molar-refractivity contribution in [2.24, 2.45) is 0 Å². The first-order valence-corrected chi connectivity index (χ1v) is 13.6. The summed E-state index contributed by atoms with van der Waals surface area (Å²) in [6.45, 7) is 1.87. The average molecular weight is 532 g/mol. The molecule has 1 N–H and O–H groups in total. The molecular formula is C27H22ClN5O3S. The minimum atomic E-state index is -3.40. The molecule has 0 saturated heterocycles. The smallest absolute Gasteiger partial charge is 0.267 e. The Morgan fingerprint density at radius 2 is 1.76 bits per heavy atom. The van der Waals surface area contributed by atoms with Gasteiger partial charge >= 0.3 is 0 Å². The third-order valence-electron chi connectivity index (χ3n) is 5.91.